The molecule has 12 nitrogen and oxygen atoms in total. The molecular weight excluding hydrogens is 622 g/mol. The van der Waals surface area contributed by atoms with E-state index in [1.54, 1.807) is 50.9 Å². The molecule has 0 unspecified atom stereocenters. The molecule has 1 saturated carbocycles. The second-order valence-electron chi connectivity index (χ2n) is 13.4. The number of carbonyl (C=O) groups is 4. The molecule has 0 radical (unpaired) electrons. The molecule has 1 aliphatic heterocycles. The number of nitrogens with one attached hydrogen (secondary N) is 4. The van der Waals surface area contributed by atoms with Crippen LogP contribution in [0.3, 0.4) is 0 Å². The summed E-state index contributed by atoms with van der Waals surface area (Å²) in [6, 6.07) is 14.5. The summed E-state index contributed by atoms with van der Waals surface area (Å²) in [4.78, 5) is 55.6. The van der Waals surface area contributed by atoms with Crippen LogP contribution in [0.25, 0.3) is 0 Å². The highest BCUT2D eigenvalue weighted by Gasteiger charge is 2.61. The largest absolute Gasteiger partial charge is 0.444 e. The monoisotopic (exact) mass is 667 g/mol. The first kappa shape index (κ1) is 35.5. The molecule has 1 aliphatic carbocycles. The van der Waals surface area contributed by atoms with Crippen LogP contribution in [0.2, 0.25) is 0 Å². The smallest absolute Gasteiger partial charge is 0.408 e. The lowest BCUT2D eigenvalue weighted by atomic mass is 9.88. The second kappa shape index (κ2) is 13.8. The highest BCUT2D eigenvalue weighted by molar-refractivity contribution is 7.90. The van der Waals surface area contributed by atoms with Crippen molar-refractivity contribution in [3.05, 3.63) is 72.8 Å². The summed E-state index contributed by atoms with van der Waals surface area (Å²) in [6.45, 7) is 12.8. The predicted molar refractivity (Wildman–Crippen MR) is 178 cm³/mol. The molecule has 0 aromatic heterocycles. The van der Waals surface area contributed by atoms with Gasteiger partial charge in [0.1, 0.15) is 22.1 Å². The van der Waals surface area contributed by atoms with Crippen molar-refractivity contribution in [2.45, 2.75) is 69.0 Å². The Morgan fingerprint density at radius 3 is 2.23 bits per heavy atom. The number of carbonyl (C=O) groups excluding carboxylic acids is 4. The van der Waals surface area contributed by atoms with E-state index in [0.717, 1.165) is 5.56 Å². The fourth-order valence-corrected chi connectivity index (χ4v) is 7.21. The van der Waals surface area contributed by atoms with E-state index in [9.17, 15) is 27.6 Å². The topological polar surface area (TPSA) is 163 Å². The quantitative estimate of drug-likeness (QED) is 0.265. The van der Waals surface area contributed by atoms with Crippen molar-refractivity contribution in [1.82, 2.24) is 20.3 Å². The van der Waals surface area contributed by atoms with E-state index in [4.69, 9.17) is 4.74 Å². The number of amides is 4. The first-order chi connectivity index (χ1) is 22.0. The van der Waals surface area contributed by atoms with Gasteiger partial charge >= 0.3 is 6.09 Å². The molecule has 0 bridgehead atoms. The maximum atomic E-state index is 14.1. The van der Waals surface area contributed by atoms with Gasteiger partial charge < -0.3 is 25.6 Å². The van der Waals surface area contributed by atoms with Gasteiger partial charge in [-0.05, 0) is 50.8 Å². The molecular formula is C34H45N5O7S. The standard InChI is InChI=1S/C34H45N5O7S/c1-8-23-18-34(23,31(42)38-47(44,45)27-17-13-12-16-26(27)35-7)37-29(40)25-20-39(19-24(25)22-14-10-9-11-15-22)30(41)28(21(2)3)36-32(43)46-33(4,5)6/h8-17,21,23-25,28,35H,1,18-20H2,2-7H3,(H,36,43)(H,37,40)(H,38,42)/t23-,24+,25-,28+,34-/m1/s1. The number of ether oxygens (including phenoxy) is 1. The van der Waals surface area contributed by atoms with Crippen molar-refractivity contribution >= 4 is 39.5 Å². The third kappa shape index (κ3) is 7.95. The van der Waals surface area contributed by atoms with Gasteiger partial charge in [-0.2, -0.15) is 0 Å². The molecule has 2 aromatic carbocycles. The summed E-state index contributed by atoms with van der Waals surface area (Å²) in [5.41, 5.74) is -1.15. The Labute approximate surface area is 276 Å². The van der Waals surface area contributed by atoms with Gasteiger partial charge in [0.2, 0.25) is 11.8 Å². The fraction of sp³-hybridized carbons (Fsp3) is 0.471. The first-order valence-corrected chi connectivity index (χ1v) is 17.1. The molecule has 47 heavy (non-hydrogen) atoms. The molecule has 1 saturated heterocycles. The lowest BCUT2D eigenvalue weighted by molar-refractivity contribution is -0.134. The van der Waals surface area contributed by atoms with Crippen LogP contribution in [0.15, 0.2) is 72.1 Å². The van der Waals surface area contributed by atoms with Gasteiger partial charge in [-0.25, -0.2) is 17.9 Å². The minimum atomic E-state index is -4.29. The lowest BCUT2D eigenvalue weighted by Crippen LogP contribution is -2.54. The molecule has 4 N–H and O–H groups in total. The third-order valence-electron chi connectivity index (χ3n) is 8.52. The van der Waals surface area contributed by atoms with Crippen LogP contribution in [0.5, 0.6) is 0 Å². The van der Waals surface area contributed by atoms with Crippen LogP contribution in [0, 0.1) is 17.8 Å². The Bertz CT molecular complexity index is 1620. The van der Waals surface area contributed by atoms with Crippen molar-refractivity contribution in [3.63, 3.8) is 0 Å². The van der Waals surface area contributed by atoms with E-state index in [0.29, 0.717) is 5.69 Å². The molecule has 2 fully saturated rings. The van der Waals surface area contributed by atoms with Crippen molar-refractivity contribution in [3.8, 4) is 0 Å². The van der Waals surface area contributed by atoms with Gasteiger partial charge in [0.25, 0.3) is 15.9 Å². The van der Waals surface area contributed by atoms with E-state index in [-0.39, 0.29) is 36.2 Å². The summed E-state index contributed by atoms with van der Waals surface area (Å²) in [6.07, 6.45) is 0.961. The zero-order valence-electron chi connectivity index (χ0n) is 27.7. The van der Waals surface area contributed by atoms with Crippen molar-refractivity contribution in [2.24, 2.45) is 17.8 Å². The van der Waals surface area contributed by atoms with Gasteiger partial charge in [-0.3, -0.25) is 14.4 Å². The van der Waals surface area contributed by atoms with Crippen LogP contribution >= 0.6 is 0 Å². The van der Waals surface area contributed by atoms with Gasteiger partial charge in [0, 0.05) is 32.0 Å². The third-order valence-corrected chi connectivity index (χ3v) is 9.91. The molecule has 4 rings (SSSR count). The number of anilines is 1. The van der Waals surface area contributed by atoms with E-state index < -0.39 is 62.9 Å². The minimum Gasteiger partial charge on any atom is -0.444 e. The molecule has 5 atom stereocenters. The average molecular weight is 668 g/mol. The summed E-state index contributed by atoms with van der Waals surface area (Å²) in [5.74, 6) is -3.71. The molecule has 0 spiro atoms. The van der Waals surface area contributed by atoms with Crippen LogP contribution in [-0.2, 0) is 29.1 Å². The Kier molecular flexibility index (Phi) is 10.4. The Morgan fingerprint density at radius 2 is 1.66 bits per heavy atom. The summed E-state index contributed by atoms with van der Waals surface area (Å²) < 4.78 is 34.1. The Morgan fingerprint density at radius 1 is 1.02 bits per heavy atom. The normalized spacial score (nSPS) is 23.0. The number of benzene rings is 2. The number of rotatable bonds is 11. The molecule has 13 heteroatoms. The maximum absolute atomic E-state index is 14.1. The fourth-order valence-electron chi connectivity index (χ4n) is 5.95. The molecule has 254 valence electrons. The van der Waals surface area contributed by atoms with Crippen LogP contribution in [-0.4, -0.2) is 74.5 Å². The SMILES string of the molecule is C=C[C@@H]1C[C@]1(NC(=O)[C@@H]1CN(C(=O)[C@@H](NC(=O)OC(C)(C)C)C(C)C)C[C@H]1c1ccccc1)C(=O)NS(=O)(=O)c1ccccc1NC. The summed E-state index contributed by atoms with van der Waals surface area (Å²) >= 11 is 0. The number of hydrogen-bond donors (Lipinski definition) is 4. The highest BCUT2D eigenvalue weighted by Crippen LogP contribution is 2.46. The summed E-state index contributed by atoms with van der Waals surface area (Å²) in [7, 11) is -2.72. The first-order valence-electron chi connectivity index (χ1n) is 15.6. The van der Waals surface area contributed by atoms with Crippen LogP contribution in [0.4, 0.5) is 10.5 Å². The van der Waals surface area contributed by atoms with E-state index in [1.807, 2.05) is 44.2 Å². The highest BCUT2D eigenvalue weighted by atomic mass is 32.2. The van der Waals surface area contributed by atoms with Gasteiger partial charge in [-0.1, -0.05) is 62.4 Å². The van der Waals surface area contributed by atoms with Crippen molar-refractivity contribution in [1.29, 1.82) is 0 Å². The molecule has 2 aliphatic rings. The van der Waals surface area contributed by atoms with Gasteiger partial charge in [0.05, 0.1) is 11.6 Å². The predicted octanol–water partition coefficient (Wildman–Crippen LogP) is 3.39. The lowest BCUT2D eigenvalue weighted by Gasteiger charge is -2.28. The molecule has 1 heterocycles. The van der Waals surface area contributed by atoms with Crippen molar-refractivity contribution < 1.29 is 32.3 Å². The Balaban J connectivity index is 1.58. The van der Waals surface area contributed by atoms with Crippen LogP contribution in [0.1, 0.15) is 52.5 Å². The van der Waals surface area contributed by atoms with Gasteiger partial charge in [0.15, 0.2) is 0 Å². The van der Waals surface area contributed by atoms with Crippen molar-refractivity contribution in [2.75, 3.05) is 25.5 Å². The van der Waals surface area contributed by atoms with E-state index in [2.05, 4.69) is 27.3 Å². The number of likely N-dealkylation sites (tertiary alicyclic amines) is 1. The van der Waals surface area contributed by atoms with Crippen LogP contribution < -0.4 is 20.7 Å². The van der Waals surface area contributed by atoms with Gasteiger partial charge in [-0.15, -0.1) is 6.58 Å². The second-order valence-corrected chi connectivity index (χ2v) is 15.1. The average Bonchev–Trinajstić information content (AvgIpc) is 3.54. The minimum absolute atomic E-state index is 0.0216. The Hall–Kier alpha value is -4.39. The molecule has 2 aromatic rings. The number of sulfonamides is 1. The van der Waals surface area contributed by atoms with E-state index in [1.165, 1.54) is 12.1 Å². The maximum Gasteiger partial charge on any atom is 0.408 e. The van der Waals surface area contributed by atoms with E-state index >= 15 is 0 Å². The summed E-state index contributed by atoms with van der Waals surface area (Å²) in [5, 5.41) is 8.35. The number of hydrogen-bond acceptors (Lipinski definition) is 8. The zero-order chi connectivity index (χ0) is 34.7. The zero-order valence-corrected chi connectivity index (χ0v) is 28.5. The molecule has 4 amide bonds. The number of alkyl carbamates (subject to hydrolysis) is 1. The number of para-hydroxylation sites is 1. The number of nitrogens with zero attached hydrogens (tertiary/aromatic N) is 1.